The molecule has 0 unspecified atom stereocenters. The molecule has 0 aliphatic heterocycles. The molecule has 0 aromatic carbocycles. The Hall–Kier alpha value is -2.07. The molecule has 4 nitrogen and oxygen atoms in total. The van der Waals surface area contributed by atoms with Gasteiger partial charge in [0.25, 0.3) is 0 Å². The normalized spacial score (nSPS) is 8.18. The van der Waals surface area contributed by atoms with Gasteiger partial charge in [-0.15, -0.1) is 0 Å². The summed E-state index contributed by atoms with van der Waals surface area (Å²) in [5, 5.41) is 16.8. The predicted molar refractivity (Wildman–Crippen MR) is 38.1 cm³/mol. The van der Waals surface area contributed by atoms with E-state index in [1.54, 1.807) is 6.07 Å². The van der Waals surface area contributed by atoms with E-state index in [0.29, 0.717) is 5.56 Å². The van der Waals surface area contributed by atoms with Gasteiger partial charge in [-0.2, -0.15) is 10.5 Å². The van der Waals surface area contributed by atoms with Crippen molar-refractivity contribution in [2.24, 2.45) is 0 Å². The standard InChI is InChI=1S/C7H4N4/c8-3-5-1-6(4-9)11-7(10)2-5/h1-2H,(H2,10,11). The molecule has 0 atom stereocenters. The first-order valence-electron chi connectivity index (χ1n) is 2.84. The Kier molecular flexibility index (Phi) is 1.71. The summed E-state index contributed by atoms with van der Waals surface area (Å²) in [5.41, 5.74) is 5.82. The number of rotatable bonds is 0. The number of anilines is 1. The van der Waals surface area contributed by atoms with Gasteiger partial charge in [0.05, 0.1) is 11.6 Å². The van der Waals surface area contributed by atoms with E-state index >= 15 is 0 Å². The highest BCUT2D eigenvalue weighted by Crippen LogP contribution is 2.04. The van der Waals surface area contributed by atoms with E-state index in [1.807, 2.05) is 6.07 Å². The lowest BCUT2D eigenvalue weighted by Crippen LogP contribution is -1.93. The highest BCUT2D eigenvalue weighted by Gasteiger charge is 1.97. The topological polar surface area (TPSA) is 86.5 Å². The van der Waals surface area contributed by atoms with E-state index in [1.165, 1.54) is 12.1 Å². The van der Waals surface area contributed by atoms with E-state index < -0.39 is 0 Å². The molecule has 0 bridgehead atoms. The summed E-state index contributed by atoms with van der Waals surface area (Å²) < 4.78 is 0. The summed E-state index contributed by atoms with van der Waals surface area (Å²) in [7, 11) is 0. The lowest BCUT2D eigenvalue weighted by atomic mass is 10.2. The van der Waals surface area contributed by atoms with Gasteiger partial charge in [-0.25, -0.2) is 4.98 Å². The van der Waals surface area contributed by atoms with Crippen molar-refractivity contribution in [1.29, 1.82) is 10.5 Å². The number of hydrogen-bond donors (Lipinski definition) is 1. The predicted octanol–water partition coefficient (Wildman–Crippen LogP) is 0.407. The molecule has 1 aromatic heterocycles. The molecule has 1 rings (SSSR count). The van der Waals surface area contributed by atoms with Gasteiger partial charge in [-0.1, -0.05) is 0 Å². The Labute approximate surface area is 63.5 Å². The smallest absolute Gasteiger partial charge is 0.144 e. The molecule has 0 fully saturated rings. The van der Waals surface area contributed by atoms with Crippen molar-refractivity contribution in [1.82, 2.24) is 4.98 Å². The van der Waals surface area contributed by atoms with Crippen molar-refractivity contribution in [2.75, 3.05) is 5.73 Å². The SMILES string of the molecule is N#Cc1cc(N)nc(C#N)c1. The Morgan fingerprint density at radius 3 is 2.55 bits per heavy atom. The zero-order valence-corrected chi connectivity index (χ0v) is 5.57. The minimum Gasteiger partial charge on any atom is -0.384 e. The van der Waals surface area contributed by atoms with Gasteiger partial charge in [-0.05, 0) is 12.1 Å². The van der Waals surface area contributed by atoms with Crippen LogP contribution in [0.2, 0.25) is 0 Å². The molecule has 52 valence electrons. The average molecular weight is 144 g/mol. The van der Waals surface area contributed by atoms with Crippen LogP contribution < -0.4 is 5.73 Å². The Morgan fingerprint density at radius 1 is 1.27 bits per heavy atom. The summed E-state index contributed by atoms with van der Waals surface area (Å²) in [6.07, 6.45) is 0. The van der Waals surface area contributed by atoms with Crippen LogP contribution in [0.15, 0.2) is 12.1 Å². The summed E-state index contributed by atoms with van der Waals surface area (Å²) in [5.74, 6) is 0.195. The number of nitrogens with two attached hydrogens (primary N) is 1. The fourth-order valence-electron chi connectivity index (χ4n) is 0.674. The van der Waals surface area contributed by atoms with Crippen LogP contribution in [0.1, 0.15) is 11.3 Å². The second-order valence-electron chi connectivity index (χ2n) is 1.89. The maximum Gasteiger partial charge on any atom is 0.144 e. The molecule has 2 N–H and O–H groups in total. The molecule has 0 amide bonds. The van der Waals surface area contributed by atoms with Gasteiger partial charge in [0.15, 0.2) is 0 Å². The number of pyridine rings is 1. The summed E-state index contributed by atoms with van der Waals surface area (Å²) >= 11 is 0. The van der Waals surface area contributed by atoms with Crippen molar-refractivity contribution in [2.45, 2.75) is 0 Å². The van der Waals surface area contributed by atoms with E-state index in [0.717, 1.165) is 0 Å². The average Bonchev–Trinajstić information content (AvgIpc) is 2.03. The van der Waals surface area contributed by atoms with Crippen LogP contribution in [0.5, 0.6) is 0 Å². The summed E-state index contributed by atoms with van der Waals surface area (Å²) in [6.45, 7) is 0. The quantitative estimate of drug-likeness (QED) is 0.571. The molecule has 0 spiro atoms. The third-order valence-corrected chi connectivity index (χ3v) is 1.09. The van der Waals surface area contributed by atoms with Crippen LogP contribution >= 0.6 is 0 Å². The van der Waals surface area contributed by atoms with Gasteiger partial charge in [0.2, 0.25) is 0 Å². The highest BCUT2D eigenvalue weighted by molar-refractivity contribution is 5.43. The minimum atomic E-state index is 0.168. The third kappa shape index (κ3) is 1.44. The van der Waals surface area contributed by atoms with Crippen LogP contribution in [0, 0.1) is 22.7 Å². The van der Waals surface area contributed by atoms with Crippen molar-refractivity contribution in [3.8, 4) is 12.1 Å². The molecule has 1 heterocycles. The zero-order valence-electron chi connectivity index (χ0n) is 5.57. The van der Waals surface area contributed by atoms with E-state index in [-0.39, 0.29) is 11.5 Å². The molecular formula is C7H4N4. The van der Waals surface area contributed by atoms with Crippen LogP contribution in [-0.4, -0.2) is 4.98 Å². The molecule has 0 aliphatic rings. The minimum absolute atomic E-state index is 0.168. The van der Waals surface area contributed by atoms with Crippen molar-refractivity contribution in [3.63, 3.8) is 0 Å². The van der Waals surface area contributed by atoms with Gasteiger partial charge < -0.3 is 5.73 Å². The Morgan fingerprint density at radius 2 is 2.00 bits per heavy atom. The second-order valence-corrected chi connectivity index (χ2v) is 1.89. The first kappa shape index (κ1) is 7.04. The van der Waals surface area contributed by atoms with Gasteiger partial charge in [0.1, 0.15) is 17.6 Å². The van der Waals surface area contributed by atoms with Crippen LogP contribution in [0.3, 0.4) is 0 Å². The molecule has 1 aromatic rings. The zero-order chi connectivity index (χ0) is 8.27. The van der Waals surface area contributed by atoms with Crippen molar-refractivity contribution >= 4 is 5.82 Å². The largest absolute Gasteiger partial charge is 0.384 e. The molecule has 0 aliphatic carbocycles. The number of nitriles is 2. The summed E-state index contributed by atoms with van der Waals surface area (Å²) in [6, 6.07) is 6.47. The van der Waals surface area contributed by atoms with Gasteiger partial charge >= 0.3 is 0 Å². The molecule has 0 radical (unpaired) electrons. The van der Waals surface area contributed by atoms with Crippen LogP contribution in [0.25, 0.3) is 0 Å². The molecule has 11 heavy (non-hydrogen) atoms. The summed E-state index contributed by atoms with van der Waals surface area (Å²) in [4.78, 5) is 3.67. The molecule has 4 heteroatoms. The third-order valence-electron chi connectivity index (χ3n) is 1.09. The molecule has 0 saturated carbocycles. The van der Waals surface area contributed by atoms with E-state index in [2.05, 4.69) is 4.98 Å². The van der Waals surface area contributed by atoms with Crippen LogP contribution in [0.4, 0.5) is 5.82 Å². The Bertz CT molecular complexity index is 323. The first-order valence-corrected chi connectivity index (χ1v) is 2.84. The molecular weight excluding hydrogens is 140 g/mol. The number of nitrogens with zero attached hydrogens (tertiary/aromatic N) is 3. The number of aromatic nitrogens is 1. The number of nitrogen functional groups attached to an aromatic ring is 1. The lowest BCUT2D eigenvalue weighted by molar-refractivity contribution is 1.26. The fraction of sp³-hybridized carbons (Fsp3) is 0. The maximum absolute atomic E-state index is 8.44. The van der Waals surface area contributed by atoms with Gasteiger partial charge in [-0.3, -0.25) is 0 Å². The maximum atomic E-state index is 8.44. The number of hydrogen-bond acceptors (Lipinski definition) is 4. The fourth-order valence-corrected chi connectivity index (χ4v) is 0.674. The van der Waals surface area contributed by atoms with Gasteiger partial charge in [0, 0.05) is 0 Å². The van der Waals surface area contributed by atoms with Crippen molar-refractivity contribution < 1.29 is 0 Å². The van der Waals surface area contributed by atoms with Crippen LogP contribution in [-0.2, 0) is 0 Å². The van der Waals surface area contributed by atoms with E-state index in [9.17, 15) is 0 Å². The van der Waals surface area contributed by atoms with Crippen molar-refractivity contribution in [3.05, 3.63) is 23.4 Å². The lowest BCUT2D eigenvalue weighted by Gasteiger charge is -1.92. The first-order chi connectivity index (χ1) is 5.26. The Balaban J connectivity index is 3.28. The van der Waals surface area contributed by atoms with E-state index in [4.69, 9.17) is 16.3 Å². The monoisotopic (exact) mass is 144 g/mol. The molecule has 0 saturated heterocycles. The second kappa shape index (κ2) is 2.68. The highest BCUT2D eigenvalue weighted by atomic mass is 14.8.